The van der Waals surface area contributed by atoms with Crippen LogP contribution in [0.4, 0.5) is 5.69 Å². The van der Waals surface area contributed by atoms with Gasteiger partial charge in [0, 0.05) is 32.1 Å². The number of hydrogen-bond acceptors (Lipinski definition) is 5. The molecule has 0 spiro atoms. The van der Waals surface area contributed by atoms with Gasteiger partial charge in [-0.25, -0.2) is 0 Å². The Labute approximate surface area is 128 Å². The molecule has 0 aliphatic rings. The van der Waals surface area contributed by atoms with Gasteiger partial charge >= 0.3 is 0 Å². The second-order valence-electron chi connectivity index (χ2n) is 4.87. The number of aromatic nitrogens is 2. The first kappa shape index (κ1) is 14.0. The molecule has 0 N–H and O–H groups in total. The molecule has 0 bridgehead atoms. The molecule has 5 nitrogen and oxygen atoms in total. The number of ether oxygens (including phenoxy) is 1. The van der Waals surface area contributed by atoms with Crippen LogP contribution in [-0.2, 0) is 0 Å². The molecule has 110 valence electrons. The predicted octanol–water partition coefficient (Wildman–Crippen LogP) is 2.70. The molecule has 1 aromatic carbocycles. The Morgan fingerprint density at radius 1 is 1.18 bits per heavy atom. The van der Waals surface area contributed by atoms with E-state index >= 15 is 0 Å². The second-order valence-corrected chi connectivity index (χ2v) is 4.87. The minimum absolute atomic E-state index is 0.353. The van der Waals surface area contributed by atoms with E-state index in [9.17, 15) is 0 Å². The van der Waals surface area contributed by atoms with E-state index in [-0.39, 0.29) is 0 Å². The molecule has 0 amide bonds. The molecule has 0 unspecified atom stereocenters. The summed E-state index contributed by atoms with van der Waals surface area (Å²) in [4.78, 5) is 10.4. The third kappa shape index (κ3) is 2.59. The molecule has 22 heavy (non-hydrogen) atoms. The summed E-state index contributed by atoms with van der Waals surface area (Å²) >= 11 is 0. The number of fused-ring (bicyclic) bond motifs is 1. The number of methoxy groups -OCH3 is 1. The second kappa shape index (κ2) is 5.78. The lowest BCUT2D eigenvalue weighted by Crippen LogP contribution is -2.08. The van der Waals surface area contributed by atoms with E-state index in [0.29, 0.717) is 22.7 Å². The number of benzene rings is 1. The van der Waals surface area contributed by atoms with Crippen molar-refractivity contribution in [1.82, 2.24) is 9.97 Å². The Bertz CT molecular complexity index is 858. The highest BCUT2D eigenvalue weighted by molar-refractivity contribution is 5.91. The summed E-state index contributed by atoms with van der Waals surface area (Å²) in [7, 11) is 5.51. The van der Waals surface area contributed by atoms with Gasteiger partial charge in [-0.2, -0.15) is 4.98 Å². The van der Waals surface area contributed by atoms with Gasteiger partial charge in [0.25, 0.3) is 5.89 Å². The van der Waals surface area contributed by atoms with Crippen molar-refractivity contribution in [2.75, 3.05) is 26.1 Å². The predicted molar refractivity (Wildman–Crippen MR) is 85.1 cm³/mol. The number of hydrogen-bond donors (Lipinski definition) is 0. The first-order valence-electron chi connectivity index (χ1n) is 6.76. The van der Waals surface area contributed by atoms with Gasteiger partial charge < -0.3 is 14.1 Å². The van der Waals surface area contributed by atoms with Gasteiger partial charge in [0.15, 0.2) is 11.1 Å². The Morgan fingerprint density at radius 2 is 2.05 bits per heavy atom. The van der Waals surface area contributed by atoms with E-state index in [0.717, 1.165) is 11.3 Å². The maximum atomic E-state index is 5.80. The van der Waals surface area contributed by atoms with Crippen LogP contribution in [0, 0.1) is 11.8 Å². The molecular weight excluding hydrogens is 278 g/mol. The van der Waals surface area contributed by atoms with Crippen LogP contribution < -0.4 is 9.64 Å². The summed E-state index contributed by atoms with van der Waals surface area (Å²) in [5.41, 5.74) is 3.08. The molecule has 3 rings (SSSR count). The van der Waals surface area contributed by atoms with Crippen molar-refractivity contribution in [3.05, 3.63) is 48.1 Å². The van der Waals surface area contributed by atoms with E-state index in [1.54, 1.807) is 19.5 Å². The molecule has 2 heterocycles. The van der Waals surface area contributed by atoms with Crippen molar-refractivity contribution in [1.29, 1.82) is 0 Å². The molecule has 5 heteroatoms. The van der Waals surface area contributed by atoms with Crippen LogP contribution in [0.2, 0.25) is 0 Å². The van der Waals surface area contributed by atoms with Gasteiger partial charge in [-0.3, -0.25) is 4.98 Å². The number of anilines is 1. The third-order valence-electron chi connectivity index (χ3n) is 3.16. The van der Waals surface area contributed by atoms with Crippen molar-refractivity contribution >= 4 is 16.8 Å². The average Bonchev–Trinajstić information content (AvgIpc) is 2.96. The van der Waals surface area contributed by atoms with Gasteiger partial charge in [-0.05, 0) is 30.2 Å². The molecule has 0 aliphatic carbocycles. The first-order chi connectivity index (χ1) is 10.7. The number of nitrogens with zero attached hydrogens (tertiary/aromatic N) is 3. The standard InChI is InChI=1S/C17H15N3O2/c1-20(2)13-7-8-14(21-3)16-17(13)22-15(19-16)9-6-12-5-4-10-18-11-12/h4-5,7-8,10-11H,1-3H3. The molecule has 0 saturated carbocycles. The zero-order chi connectivity index (χ0) is 15.5. The highest BCUT2D eigenvalue weighted by Gasteiger charge is 2.15. The Hall–Kier alpha value is -3.00. The fourth-order valence-electron chi connectivity index (χ4n) is 2.10. The summed E-state index contributed by atoms with van der Waals surface area (Å²) in [6, 6.07) is 7.53. The molecule has 0 saturated heterocycles. The average molecular weight is 293 g/mol. The van der Waals surface area contributed by atoms with Gasteiger partial charge in [0.2, 0.25) is 0 Å². The van der Waals surface area contributed by atoms with Crippen LogP contribution in [0.25, 0.3) is 11.1 Å². The zero-order valence-electron chi connectivity index (χ0n) is 12.6. The van der Waals surface area contributed by atoms with Crippen molar-refractivity contribution in [3.8, 4) is 17.6 Å². The summed E-state index contributed by atoms with van der Waals surface area (Å²) in [5.74, 6) is 6.93. The molecule has 2 aromatic heterocycles. The summed E-state index contributed by atoms with van der Waals surface area (Å²) in [5, 5.41) is 0. The Kier molecular flexibility index (Phi) is 3.67. The van der Waals surface area contributed by atoms with Crippen LogP contribution in [0.1, 0.15) is 11.5 Å². The fraction of sp³-hybridized carbons (Fsp3) is 0.176. The minimum atomic E-state index is 0.353. The molecule has 0 radical (unpaired) electrons. The van der Waals surface area contributed by atoms with E-state index in [1.165, 1.54) is 0 Å². The van der Waals surface area contributed by atoms with Crippen LogP contribution in [0.3, 0.4) is 0 Å². The minimum Gasteiger partial charge on any atom is -0.494 e. The summed E-state index contributed by atoms with van der Waals surface area (Å²) in [6.45, 7) is 0. The summed E-state index contributed by atoms with van der Waals surface area (Å²) in [6.07, 6.45) is 3.40. The molecule has 0 atom stereocenters. The van der Waals surface area contributed by atoms with Crippen molar-refractivity contribution in [2.45, 2.75) is 0 Å². The van der Waals surface area contributed by atoms with E-state index in [2.05, 4.69) is 21.8 Å². The SMILES string of the molecule is COc1ccc(N(C)C)c2oc(C#Cc3cccnc3)nc12. The number of pyridine rings is 1. The third-order valence-corrected chi connectivity index (χ3v) is 3.16. The first-order valence-corrected chi connectivity index (χ1v) is 6.76. The maximum absolute atomic E-state index is 5.80. The quantitative estimate of drug-likeness (QED) is 0.680. The molecular formula is C17H15N3O2. The molecule has 3 aromatic rings. The van der Waals surface area contributed by atoms with Gasteiger partial charge in [0.05, 0.1) is 12.8 Å². The van der Waals surface area contributed by atoms with E-state index in [4.69, 9.17) is 9.15 Å². The monoisotopic (exact) mass is 293 g/mol. The Balaban J connectivity index is 2.09. The molecule has 0 aliphatic heterocycles. The van der Waals surface area contributed by atoms with Crippen LogP contribution in [-0.4, -0.2) is 31.2 Å². The summed E-state index contributed by atoms with van der Waals surface area (Å²) < 4.78 is 11.1. The van der Waals surface area contributed by atoms with Crippen LogP contribution >= 0.6 is 0 Å². The lowest BCUT2D eigenvalue weighted by Gasteiger charge is -2.12. The lowest BCUT2D eigenvalue weighted by molar-refractivity contribution is 0.419. The van der Waals surface area contributed by atoms with Gasteiger partial charge in [-0.1, -0.05) is 5.92 Å². The van der Waals surface area contributed by atoms with Gasteiger partial charge in [0.1, 0.15) is 5.75 Å². The van der Waals surface area contributed by atoms with Crippen molar-refractivity contribution in [2.24, 2.45) is 0 Å². The lowest BCUT2D eigenvalue weighted by atomic mass is 10.2. The van der Waals surface area contributed by atoms with E-state index < -0.39 is 0 Å². The number of oxazole rings is 1. The topological polar surface area (TPSA) is 51.4 Å². The smallest absolute Gasteiger partial charge is 0.274 e. The maximum Gasteiger partial charge on any atom is 0.274 e. The van der Waals surface area contributed by atoms with Crippen LogP contribution in [0.15, 0.2) is 41.1 Å². The highest BCUT2D eigenvalue weighted by Crippen LogP contribution is 2.33. The van der Waals surface area contributed by atoms with E-state index in [1.807, 2.05) is 43.3 Å². The highest BCUT2D eigenvalue weighted by atomic mass is 16.5. The zero-order valence-corrected chi connectivity index (χ0v) is 12.6. The fourth-order valence-corrected chi connectivity index (χ4v) is 2.10. The van der Waals surface area contributed by atoms with Crippen molar-refractivity contribution in [3.63, 3.8) is 0 Å². The Morgan fingerprint density at radius 3 is 2.73 bits per heavy atom. The largest absolute Gasteiger partial charge is 0.494 e. The van der Waals surface area contributed by atoms with Gasteiger partial charge in [-0.15, -0.1) is 0 Å². The van der Waals surface area contributed by atoms with Crippen molar-refractivity contribution < 1.29 is 9.15 Å². The normalized spacial score (nSPS) is 10.1. The number of rotatable bonds is 2. The molecule has 0 fully saturated rings. The van der Waals surface area contributed by atoms with Crippen LogP contribution in [0.5, 0.6) is 5.75 Å².